The lowest BCUT2D eigenvalue weighted by Crippen LogP contribution is -2.34. The van der Waals surface area contributed by atoms with Crippen LogP contribution in [0.1, 0.15) is 26.7 Å². The van der Waals surface area contributed by atoms with Gasteiger partial charge >= 0.3 is 0 Å². The van der Waals surface area contributed by atoms with Gasteiger partial charge in [0, 0.05) is 18.8 Å². The molecule has 1 heterocycles. The molecular formula is C16H26N2O2. The van der Waals surface area contributed by atoms with Gasteiger partial charge in [0.2, 0.25) is 0 Å². The molecule has 20 heavy (non-hydrogen) atoms. The Kier molecular flexibility index (Phi) is 5.68. The van der Waals surface area contributed by atoms with Crippen LogP contribution in [0.2, 0.25) is 0 Å². The number of aliphatic hydroxyl groups is 1. The summed E-state index contributed by atoms with van der Waals surface area (Å²) >= 11 is 0. The minimum absolute atomic E-state index is 0.191. The highest BCUT2D eigenvalue weighted by molar-refractivity contribution is 5.46. The number of rotatable bonds is 7. The molecule has 1 atom stereocenters. The predicted octanol–water partition coefficient (Wildman–Crippen LogP) is 2.34. The number of likely N-dealkylation sites (tertiary alicyclic amines) is 1. The average Bonchev–Trinajstić information content (AvgIpc) is 2.90. The van der Waals surface area contributed by atoms with E-state index in [0.717, 1.165) is 31.1 Å². The highest BCUT2D eigenvalue weighted by Crippen LogP contribution is 2.17. The summed E-state index contributed by atoms with van der Waals surface area (Å²) in [5.74, 6) is 0.878. The minimum atomic E-state index is -0.320. The number of nitrogens with zero attached hydrogens (tertiary/aromatic N) is 1. The molecule has 1 aromatic carbocycles. The Hall–Kier alpha value is -1.26. The van der Waals surface area contributed by atoms with Gasteiger partial charge in [-0.05, 0) is 64.0 Å². The molecule has 0 aliphatic carbocycles. The molecule has 0 aromatic heterocycles. The number of nitrogens with one attached hydrogen (secondary N) is 1. The second kappa shape index (κ2) is 7.50. The summed E-state index contributed by atoms with van der Waals surface area (Å²) < 4.78 is 5.60. The Morgan fingerprint density at radius 1 is 1.20 bits per heavy atom. The Morgan fingerprint density at radius 3 is 2.45 bits per heavy atom. The van der Waals surface area contributed by atoms with Crippen molar-refractivity contribution in [2.24, 2.45) is 0 Å². The zero-order valence-corrected chi connectivity index (χ0v) is 12.5. The summed E-state index contributed by atoms with van der Waals surface area (Å²) in [4.78, 5) is 2.33. The molecule has 1 aliphatic rings. The first kappa shape index (κ1) is 15.1. The van der Waals surface area contributed by atoms with Gasteiger partial charge in [0.1, 0.15) is 5.75 Å². The van der Waals surface area contributed by atoms with E-state index < -0.39 is 0 Å². The molecule has 1 fully saturated rings. The van der Waals surface area contributed by atoms with Gasteiger partial charge < -0.3 is 20.1 Å². The third-order valence-corrected chi connectivity index (χ3v) is 3.44. The molecule has 1 saturated heterocycles. The zero-order chi connectivity index (χ0) is 14.4. The molecule has 2 N–H and O–H groups in total. The van der Waals surface area contributed by atoms with E-state index in [1.807, 2.05) is 38.1 Å². The molecule has 2 rings (SSSR count). The lowest BCUT2D eigenvalue weighted by Gasteiger charge is -2.20. The number of β-amino-alcohol motifs (C(OH)–C–C–N with tert-alkyl or cyclic N) is 1. The van der Waals surface area contributed by atoms with Crippen LogP contribution in [0, 0.1) is 0 Å². The highest BCUT2D eigenvalue weighted by atomic mass is 16.5. The average molecular weight is 278 g/mol. The normalized spacial score (nSPS) is 17.4. The summed E-state index contributed by atoms with van der Waals surface area (Å²) in [7, 11) is 0. The van der Waals surface area contributed by atoms with Gasteiger partial charge in [0.25, 0.3) is 0 Å². The van der Waals surface area contributed by atoms with Crippen LogP contribution < -0.4 is 10.1 Å². The number of ether oxygens (including phenoxy) is 1. The summed E-state index contributed by atoms with van der Waals surface area (Å²) in [6.07, 6.45) is 2.39. The Morgan fingerprint density at radius 2 is 1.85 bits per heavy atom. The third kappa shape index (κ3) is 5.02. The van der Waals surface area contributed by atoms with E-state index in [4.69, 9.17) is 4.74 Å². The molecule has 0 bridgehead atoms. The quantitative estimate of drug-likeness (QED) is 0.803. The lowest BCUT2D eigenvalue weighted by atomic mass is 10.2. The van der Waals surface area contributed by atoms with Crippen LogP contribution in [0.4, 0.5) is 5.69 Å². The van der Waals surface area contributed by atoms with E-state index in [0.29, 0.717) is 6.54 Å². The molecule has 0 radical (unpaired) electrons. The maximum atomic E-state index is 10.0. The fraction of sp³-hybridized carbons (Fsp3) is 0.625. The Labute approximate surface area is 121 Å². The molecule has 112 valence electrons. The molecule has 0 saturated carbocycles. The molecule has 0 amide bonds. The van der Waals surface area contributed by atoms with Crippen molar-refractivity contribution in [3.05, 3.63) is 24.3 Å². The first-order chi connectivity index (χ1) is 9.63. The second-order valence-electron chi connectivity index (χ2n) is 5.73. The summed E-state index contributed by atoms with van der Waals surface area (Å²) in [6.45, 7) is 7.63. The summed E-state index contributed by atoms with van der Waals surface area (Å²) in [6, 6.07) is 7.88. The molecule has 4 heteroatoms. The molecule has 1 aliphatic heterocycles. The van der Waals surface area contributed by atoms with Crippen LogP contribution in [0.3, 0.4) is 0 Å². The Bertz CT molecular complexity index is 386. The van der Waals surface area contributed by atoms with Crippen molar-refractivity contribution in [2.45, 2.75) is 38.9 Å². The topological polar surface area (TPSA) is 44.7 Å². The van der Waals surface area contributed by atoms with Crippen molar-refractivity contribution in [2.75, 3.05) is 31.5 Å². The van der Waals surface area contributed by atoms with Gasteiger partial charge in [-0.2, -0.15) is 0 Å². The lowest BCUT2D eigenvalue weighted by molar-refractivity contribution is 0.135. The van der Waals surface area contributed by atoms with E-state index in [1.54, 1.807) is 0 Å². The van der Waals surface area contributed by atoms with Crippen LogP contribution in [0.5, 0.6) is 5.75 Å². The molecule has 4 nitrogen and oxygen atoms in total. The number of aliphatic hydroxyl groups excluding tert-OH is 1. The Balaban J connectivity index is 1.72. The van der Waals surface area contributed by atoms with E-state index >= 15 is 0 Å². The molecule has 0 spiro atoms. The minimum Gasteiger partial charge on any atom is -0.491 e. The third-order valence-electron chi connectivity index (χ3n) is 3.44. The van der Waals surface area contributed by atoms with Crippen LogP contribution in [-0.2, 0) is 0 Å². The largest absolute Gasteiger partial charge is 0.491 e. The fourth-order valence-corrected chi connectivity index (χ4v) is 2.49. The number of anilines is 1. The van der Waals surface area contributed by atoms with Crippen molar-refractivity contribution in [1.29, 1.82) is 0 Å². The van der Waals surface area contributed by atoms with Crippen LogP contribution in [0.15, 0.2) is 24.3 Å². The van der Waals surface area contributed by atoms with Gasteiger partial charge in [0.15, 0.2) is 0 Å². The van der Waals surface area contributed by atoms with Gasteiger partial charge in [-0.15, -0.1) is 0 Å². The van der Waals surface area contributed by atoms with Crippen LogP contribution in [-0.4, -0.2) is 48.4 Å². The predicted molar refractivity (Wildman–Crippen MR) is 82.4 cm³/mol. The van der Waals surface area contributed by atoms with E-state index in [1.165, 1.54) is 12.8 Å². The van der Waals surface area contributed by atoms with Gasteiger partial charge in [-0.25, -0.2) is 0 Å². The number of benzene rings is 1. The highest BCUT2D eigenvalue weighted by Gasteiger charge is 2.15. The van der Waals surface area contributed by atoms with Crippen molar-refractivity contribution < 1.29 is 9.84 Å². The van der Waals surface area contributed by atoms with E-state index in [9.17, 15) is 5.11 Å². The fourth-order valence-electron chi connectivity index (χ4n) is 2.49. The SMILES string of the molecule is CC(C)Oc1ccc(NCC(O)CN2CCCC2)cc1. The van der Waals surface area contributed by atoms with Gasteiger partial charge in [-0.3, -0.25) is 0 Å². The van der Waals surface area contributed by atoms with Crippen LogP contribution >= 0.6 is 0 Å². The first-order valence-corrected chi connectivity index (χ1v) is 7.54. The maximum absolute atomic E-state index is 10.0. The van der Waals surface area contributed by atoms with Crippen LogP contribution in [0.25, 0.3) is 0 Å². The van der Waals surface area contributed by atoms with Crippen molar-refractivity contribution in [3.8, 4) is 5.75 Å². The summed E-state index contributed by atoms with van der Waals surface area (Å²) in [5, 5.41) is 13.3. The molecular weight excluding hydrogens is 252 g/mol. The maximum Gasteiger partial charge on any atom is 0.119 e. The van der Waals surface area contributed by atoms with E-state index in [-0.39, 0.29) is 12.2 Å². The number of hydrogen-bond acceptors (Lipinski definition) is 4. The zero-order valence-electron chi connectivity index (χ0n) is 12.5. The monoisotopic (exact) mass is 278 g/mol. The van der Waals surface area contributed by atoms with Crippen molar-refractivity contribution >= 4 is 5.69 Å². The van der Waals surface area contributed by atoms with E-state index in [2.05, 4.69) is 10.2 Å². The molecule has 1 unspecified atom stereocenters. The standard InChI is InChI=1S/C16H26N2O2/c1-13(2)20-16-7-5-14(6-8-16)17-11-15(19)12-18-9-3-4-10-18/h5-8,13,15,17,19H,3-4,9-12H2,1-2H3. The first-order valence-electron chi connectivity index (χ1n) is 7.54. The number of hydrogen-bond donors (Lipinski definition) is 2. The van der Waals surface area contributed by atoms with Crippen molar-refractivity contribution in [1.82, 2.24) is 4.90 Å². The van der Waals surface area contributed by atoms with Gasteiger partial charge in [0.05, 0.1) is 12.2 Å². The second-order valence-corrected chi connectivity index (χ2v) is 5.73. The van der Waals surface area contributed by atoms with Crippen molar-refractivity contribution in [3.63, 3.8) is 0 Å². The smallest absolute Gasteiger partial charge is 0.119 e. The van der Waals surface area contributed by atoms with Gasteiger partial charge in [-0.1, -0.05) is 0 Å². The summed E-state index contributed by atoms with van der Waals surface area (Å²) in [5.41, 5.74) is 1.02. The molecule has 1 aromatic rings.